The smallest absolute Gasteiger partial charge is 0.185 e. The number of aromatic nitrogens is 2. The quantitative estimate of drug-likeness (QED) is 0.526. The van der Waals surface area contributed by atoms with Gasteiger partial charge < -0.3 is 0 Å². The molecule has 1 aromatic heterocycles. The molecular formula is C17H13BrN2O. The van der Waals surface area contributed by atoms with Gasteiger partial charge in [-0.05, 0) is 28.1 Å². The van der Waals surface area contributed by atoms with Crippen LogP contribution in [0.4, 0.5) is 0 Å². The van der Waals surface area contributed by atoms with Gasteiger partial charge in [-0.1, -0.05) is 48.5 Å². The fourth-order valence-electron chi connectivity index (χ4n) is 2.19. The number of para-hydroxylation sites is 1. The first-order chi connectivity index (χ1) is 10.3. The lowest BCUT2D eigenvalue weighted by Crippen LogP contribution is -1.99. The number of hydrogen-bond acceptors (Lipinski definition) is 2. The van der Waals surface area contributed by atoms with Crippen molar-refractivity contribution in [2.75, 3.05) is 0 Å². The summed E-state index contributed by atoms with van der Waals surface area (Å²) in [6, 6.07) is 15.2. The lowest BCUT2D eigenvalue weighted by atomic mass is 10.1. The van der Waals surface area contributed by atoms with Crippen LogP contribution in [-0.2, 0) is 6.54 Å². The maximum absolute atomic E-state index is 12.0. The average molecular weight is 341 g/mol. The zero-order valence-corrected chi connectivity index (χ0v) is 12.8. The van der Waals surface area contributed by atoms with Gasteiger partial charge >= 0.3 is 0 Å². The summed E-state index contributed by atoms with van der Waals surface area (Å²) in [6.07, 6.45) is 5.26. The fourth-order valence-corrected chi connectivity index (χ4v) is 2.78. The average Bonchev–Trinajstić information content (AvgIpc) is 2.93. The number of rotatable bonds is 4. The van der Waals surface area contributed by atoms with Crippen molar-refractivity contribution in [3.63, 3.8) is 0 Å². The third-order valence-electron chi connectivity index (χ3n) is 3.22. The van der Waals surface area contributed by atoms with Gasteiger partial charge in [-0.2, -0.15) is 5.10 Å². The highest BCUT2D eigenvalue weighted by Gasteiger charge is 2.05. The molecule has 0 fully saturated rings. The van der Waals surface area contributed by atoms with E-state index in [2.05, 4.69) is 21.0 Å². The maximum Gasteiger partial charge on any atom is 0.185 e. The highest BCUT2D eigenvalue weighted by atomic mass is 79.9. The number of fused-ring (bicyclic) bond motifs is 1. The Morgan fingerprint density at radius 2 is 1.95 bits per heavy atom. The largest absolute Gasteiger partial charge is 0.289 e. The van der Waals surface area contributed by atoms with Crippen LogP contribution in [0.15, 0.2) is 71.4 Å². The SMILES string of the molecule is O=C(/C=C/Cn1ncc2cccc(Br)c21)c1ccccc1. The molecule has 0 saturated heterocycles. The molecule has 0 spiro atoms. The molecule has 0 N–H and O–H groups in total. The first-order valence-electron chi connectivity index (χ1n) is 6.61. The van der Waals surface area contributed by atoms with Crippen molar-refractivity contribution in [2.24, 2.45) is 0 Å². The van der Waals surface area contributed by atoms with Crippen LogP contribution >= 0.6 is 15.9 Å². The van der Waals surface area contributed by atoms with Crippen LogP contribution in [0, 0.1) is 0 Å². The zero-order valence-electron chi connectivity index (χ0n) is 11.2. The number of benzene rings is 2. The number of ketones is 1. The van der Waals surface area contributed by atoms with E-state index in [9.17, 15) is 4.79 Å². The Hall–Kier alpha value is -2.20. The van der Waals surface area contributed by atoms with Gasteiger partial charge in [0, 0.05) is 15.4 Å². The number of nitrogens with zero attached hydrogens (tertiary/aromatic N) is 2. The van der Waals surface area contributed by atoms with Gasteiger partial charge in [-0.25, -0.2) is 0 Å². The molecule has 0 aliphatic rings. The van der Waals surface area contributed by atoms with Gasteiger partial charge in [0.15, 0.2) is 5.78 Å². The predicted molar refractivity (Wildman–Crippen MR) is 87.3 cm³/mol. The number of hydrogen-bond donors (Lipinski definition) is 0. The van der Waals surface area contributed by atoms with E-state index >= 15 is 0 Å². The van der Waals surface area contributed by atoms with Crippen molar-refractivity contribution >= 4 is 32.6 Å². The summed E-state index contributed by atoms with van der Waals surface area (Å²) in [5.74, 6) is 0.00567. The first kappa shape index (κ1) is 13.8. The zero-order chi connectivity index (χ0) is 14.7. The third kappa shape index (κ3) is 2.95. The molecule has 1 heterocycles. The molecule has 3 nitrogen and oxygen atoms in total. The topological polar surface area (TPSA) is 34.9 Å². The molecule has 0 aliphatic carbocycles. The number of carbonyl (C=O) groups is 1. The number of carbonyl (C=O) groups excluding carboxylic acids is 1. The van der Waals surface area contributed by atoms with Crippen LogP contribution in [0.1, 0.15) is 10.4 Å². The lowest BCUT2D eigenvalue weighted by Gasteiger charge is -2.01. The van der Waals surface area contributed by atoms with Crippen LogP contribution < -0.4 is 0 Å². The monoisotopic (exact) mass is 340 g/mol. The highest BCUT2D eigenvalue weighted by Crippen LogP contribution is 2.23. The number of halogens is 1. The van der Waals surface area contributed by atoms with Gasteiger partial charge in [0.2, 0.25) is 0 Å². The normalized spacial score (nSPS) is 11.3. The Bertz CT molecular complexity index is 806. The van der Waals surface area contributed by atoms with Crippen molar-refractivity contribution < 1.29 is 4.79 Å². The minimum absolute atomic E-state index is 0.00567. The molecule has 2 aromatic carbocycles. The molecule has 0 atom stereocenters. The minimum atomic E-state index is 0.00567. The molecule has 0 unspecified atom stereocenters. The standard InChI is InChI=1S/C17H13BrN2O/c18-15-9-4-8-14-12-19-20(17(14)15)11-5-10-16(21)13-6-2-1-3-7-13/h1-10,12H,11H2/b10-5+. The van der Waals surface area contributed by atoms with Gasteiger partial charge in [0.1, 0.15) is 0 Å². The predicted octanol–water partition coefficient (Wildman–Crippen LogP) is 4.24. The van der Waals surface area contributed by atoms with Gasteiger partial charge in [0.25, 0.3) is 0 Å². The van der Waals surface area contributed by atoms with E-state index in [1.54, 1.807) is 6.08 Å². The van der Waals surface area contributed by atoms with E-state index in [1.807, 2.05) is 65.5 Å². The van der Waals surface area contributed by atoms with Gasteiger partial charge in [0.05, 0.1) is 18.3 Å². The van der Waals surface area contributed by atoms with Crippen molar-refractivity contribution in [3.05, 3.63) is 76.9 Å². The van der Waals surface area contributed by atoms with Crippen molar-refractivity contribution in [1.82, 2.24) is 9.78 Å². The highest BCUT2D eigenvalue weighted by molar-refractivity contribution is 9.10. The minimum Gasteiger partial charge on any atom is -0.289 e. The lowest BCUT2D eigenvalue weighted by molar-refractivity contribution is 0.104. The van der Waals surface area contributed by atoms with Crippen LogP contribution in [0.25, 0.3) is 10.9 Å². The summed E-state index contributed by atoms with van der Waals surface area (Å²) < 4.78 is 2.87. The second-order valence-corrected chi connectivity index (χ2v) is 5.49. The molecule has 4 heteroatoms. The molecule has 104 valence electrons. The Morgan fingerprint density at radius 3 is 2.76 bits per heavy atom. The molecular weight excluding hydrogens is 328 g/mol. The summed E-state index contributed by atoms with van der Waals surface area (Å²) in [4.78, 5) is 12.0. The van der Waals surface area contributed by atoms with E-state index in [0.29, 0.717) is 12.1 Å². The van der Waals surface area contributed by atoms with Gasteiger partial charge in [-0.3, -0.25) is 9.48 Å². The molecule has 3 rings (SSSR count). The van der Waals surface area contributed by atoms with E-state index in [1.165, 1.54) is 0 Å². The van der Waals surface area contributed by atoms with Crippen molar-refractivity contribution in [1.29, 1.82) is 0 Å². The number of allylic oxidation sites excluding steroid dienone is 2. The molecule has 0 bridgehead atoms. The van der Waals surface area contributed by atoms with Crippen LogP contribution in [0.2, 0.25) is 0 Å². The summed E-state index contributed by atoms with van der Waals surface area (Å²) in [7, 11) is 0. The van der Waals surface area contributed by atoms with E-state index < -0.39 is 0 Å². The molecule has 0 amide bonds. The molecule has 21 heavy (non-hydrogen) atoms. The molecule has 3 aromatic rings. The maximum atomic E-state index is 12.0. The van der Waals surface area contributed by atoms with E-state index in [-0.39, 0.29) is 5.78 Å². The second kappa shape index (κ2) is 6.06. The summed E-state index contributed by atoms with van der Waals surface area (Å²) in [6.45, 7) is 0.560. The Kier molecular flexibility index (Phi) is 3.97. The first-order valence-corrected chi connectivity index (χ1v) is 7.41. The van der Waals surface area contributed by atoms with Crippen molar-refractivity contribution in [3.8, 4) is 0 Å². The summed E-state index contributed by atoms with van der Waals surface area (Å²) in [5, 5.41) is 5.43. The summed E-state index contributed by atoms with van der Waals surface area (Å²) >= 11 is 3.53. The van der Waals surface area contributed by atoms with E-state index in [4.69, 9.17) is 0 Å². The van der Waals surface area contributed by atoms with Crippen LogP contribution in [0.5, 0.6) is 0 Å². The Labute approximate surface area is 131 Å². The molecule has 0 radical (unpaired) electrons. The van der Waals surface area contributed by atoms with Crippen molar-refractivity contribution in [2.45, 2.75) is 6.54 Å². The third-order valence-corrected chi connectivity index (χ3v) is 3.86. The Morgan fingerprint density at radius 1 is 1.14 bits per heavy atom. The van der Waals surface area contributed by atoms with Gasteiger partial charge in [-0.15, -0.1) is 0 Å². The molecule has 0 aliphatic heterocycles. The second-order valence-electron chi connectivity index (χ2n) is 4.64. The summed E-state index contributed by atoms with van der Waals surface area (Å²) in [5.41, 5.74) is 1.73. The van der Waals surface area contributed by atoms with E-state index in [0.717, 1.165) is 15.4 Å². The van der Waals surface area contributed by atoms with Crippen LogP contribution in [0.3, 0.4) is 0 Å². The fraction of sp³-hybridized carbons (Fsp3) is 0.0588. The Balaban J connectivity index is 1.78. The molecule has 0 saturated carbocycles. The van der Waals surface area contributed by atoms with Crippen LogP contribution in [-0.4, -0.2) is 15.6 Å².